The lowest BCUT2D eigenvalue weighted by molar-refractivity contribution is -0.137. The van der Waals surface area contributed by atoms with Gasteiger partial charge in [0.1, 0.15) is 12.6 Å². The van der Waals surface area contributed by atoms with Gasteiger partial charge in [-0.1, -0.05) is 18.2 Å². The first kappa shape index (κ1) is 18.9. The Kier molecular flexibility index (Phi) is 5.16. The Hall–Kier alpha value is -2.90. The third kappa shape index (κ3) is 3.65. The fourth-order valence-electron chi connectivity index (χ4n) is 3.58. The molecule has 0 spiro atoms. The number of benzene rings is 1. The van der Waals surface area contributed by atoms with Gasteiger partial charge >= 0.3 is 6.03 Å². The topological polar surface area (TPSA) is 90.0 Å². The number of nitrogens with one attached hydrogen (secondary N) is 1. The summed E-state index contributed by atoms with van der Waals surface area (Å²) in [6.07, 6.45) is 1.45. The molecule has 0 aliphatic carbocycles. The minimum atomic E-state index is -0.450. The summed E-state index contributed by atoms with van der Waals surface area (Å²) in [5.41, 5.74) is 2.60. The van der Waals surface area contributed by atoms with Crippen LogP contribution in [0.25, 0.3) is 0 Å². The van der Waals surface area contributed by atoms with Crippen molar-refractivity contribution in [1.82, 2.24) is 14.7 Å². The Balaban J connectivity index is 1.57. The molecule has 1 aromatic rings. The van der Waals surface area contributed by atoms with E-state index in [1.165, 1.54) is 16.8 Å². The molecular formula is C19H24N4O4. The minimum absolute atomic E-state index is 0.157. The van der Waals surface area contributed by atoms with Crippen molar-refractivity contribution in [2.75, 3.05) is 32.0 Å². The SMILES string of the molecule is Cc1cccc(C)c1NC(=O)CN(C)C(=O)CN1C(=O)C2CCCN2C1=O. The van der Waals surface area contributed by atoms with Crippen LogP contribution in [0.2, 0.25) is 0 Å². The molecule has 27 heavy (non-hydrogen) atoms. The molecule has 2 heterocycles. The predicted molar refractivity (Wildman–Crippen MR) is 99.0 cm³/mol. The quantitative estimate of drug-likeness (QED) is 0.785. The van der Waals surface area contributed by atoms with E-state index in [1.807, 2.05) is 32.0 Å². The normalized spacial score (nSPS) is 18.7. The Bertz CT molecular complexity index is 765. The molecule has 2 aliphatic heterocycles. The molecule has 1 aromatic carbocycles. The van der Waals surface area contributed by atoms with E-state index in [-0.39, 0.29) is 24.9 Å². The highest BCUT2D eigenvalue weighted by Gasteiger charge is 2.47. The van der Waals surface area contributed by atoms with Crippen LogP contribution in [0.4, 0.5) is 10.5 Å². The summed E-state index contributed by atoms with van der Waals surface area (Å²) in [4.78, 5) is 53.0. The van der Waals surface area contributed by atoms with Gasteiger partial charge in [-0.25, -0.2) is 4.79 Å². The van der Waals surface area contributed by atoms with Gasteiger partial charge < -0.3 is 15.1 Å². The minimum Gasteiger partial charge on any atom is -0.335 e. The molecular weight excluding hydrogens is 348 g/mol. The van der Waals surface area contributed by atoms with Crippen molar-refractivity contribution < 1.29 is 19.2 Å². The van der Waals surface area contributed by atoms with Crippen molar-refractivity contribution in [3.63, 3.8) is 0 Å². The Labute approximate surface area is 158 Å². The van der Waals surface area contributed by atoms with Gasteiger partial charge in [-0.2, -0.15) is 0 Å². The highest BCUT2D eigenvalue weighted by Crippen LogP contribution is 2.27. The fraction of sp³-hybridized carbons (Fsp3) is 0.474. The van der Waals surface area contributed by atoms with Gasteiger partial charge in [0, 0.05) is 19.3 Å². The highest BCUT2D eigenvalue weighted by molar-refractivity contribution is 6.07. The molecule has 3 rings (SSSR count). The average molecular weight is 372 g/mol. The number of aryl methyl sites for hydroxylation is 2. The van der Waals surface area contributed by atoms with Gasteiger partial charge in [0.15, 0.2) is 0 Å². The van der Waals surface area contributed by atoms with Gasteiger partial charge in [0.2, 0.25) is 11.8 Å². The first-order valence-electron chi connectivity index (χ1n) is 9.01. The zero-order chi connectivity index (χ0) is 19.7. The van der Waals surface area contributed by atoms with Crippen molar-refractivity contribution in [3.05, 3.63) is 29.3 Å². The van der Waals surface area contributed by atoms with Crippen LogP contribution in [-0.4, -0.2) is 71.2 Å². The number of likely N-dealkylation sites (N-methyl/N-ethyl adjacent to an activating group) is 1. The highest BCUT2D eigenvalue weighted by atomic mass is 16.2. The zero-order valence-electron chi connectivity index (χ0n) is 15.8. The maximum Gasteiger partial charge on any atom is 0.327 e. The van der Waals surface area contributed by atoms with E-state index < -0.39 is 18.0 Å². The zero-order valence-corrected chi connectivity index (χ0v) is 15.8. The number of urea groups is 1. The average Bonchev–Trinajstić information content (AvgIpc) is 3.18. The monoisotopic (exact) mass is 372 g/mol. The number of imide groups is 1. The third-order valence-corrected chi connectivity index (χ3v) is 5.13. The number of carbonyl (C=O) groups excluding carboxylic acids is 4. The summed E-state index contributed by atoms with van der Waals surface area (Å²) in [6.45, 7) is 3.85. The van der Waals surface area contributed by atoms with Crippen LogP contribution in [0.15, 0.2) is 18.2 Å². The Morgan fingerprint density at radius 1 is 1.22 bits per heavy atom. The van der Waals surface area contributed by atoms with E-state index in [1.54, 1.807) is 0 Å². The molecule has 0 bridgehead atoms. The van der Waals surface area contributed by atoms with E-state index in [0.29, 0.717) is 13.0 Å². The van der Waals surface area contributed by atoms with Crippen LogP contribution >= 0.6 is 0 Å². The van der Waals surface area contributed by atoms with Crippen molar-refractivity contribution in [1.29, 1.82) is 0 Å². The lowest BCUT2D eigenvalue weighted by atomic mass is 10.1. The fourth-order valence-corrected chi connectivity index (χ4v) is 3.58. The maximum absolute atomic E-state index is 12.4. The van der Waals surface area contributed by atoms with E-state index in [2.05, 4.69) is 5.32 Å². The second kappa shape index (κ2) is 7.38. The number of amides is 5. The third-order valence-electron chi connectivity index (χ3n) is 5.13. The maximum atomic E-state index is 12.4. The molecule has 1 unspecified atom stereocenters. The number of para-hydroxylation sites is 1. The summed E-state index contributed by atoms with van der Waals surface area (Å²) in [7, 11) is 1.48. The van der Waals surface area contributed by atoms with Crippen molar-refractivity contribution in [2.24, 2.45) is 0 Å². The molecule has 0 saturated carbocycles. The van der Waals surface area contributed by atoms with Crippen molar-refractivity contribution in [2.45, 2.75) is 32.7 Å². The van der Waals surface area contributed by atoms with Gasteiger partial charge in [0.05, 0.1) is 6.54 Å². The van der Waals surface area contributed by atoms with Crippen LogP contribution in [0.1, 0.15) is 24.0 Å². The molecule has 2 aliphatic rings. The molecule has 1 atom stereocenters. The van der Waals surface area contributed by atoms with Crippen molar-refractivity contribution >= 4 is 29.4 Å². The molecule has 0 radical (unpaired) electrons. The standard InChI is InChI=1S/C19H24N4O4/c1-12-6-4-7-13(2)17(12)20-15(24)10-21(3)16(25)11-23-18(26)14-8-5-9-22(14)19(23)27/h4,6-7,14H,5,8-11H2,1-3H3,(H,20,24). The van der Waals surface area contributed by atoms with Crippen LogP contribution in [0.3, 0.4) is 0 Å². The number of hydrogen-bond donors (Lipinski definition) is 1. The number of anilines is 1. The summed E-state index contributed by atoms with van der Waals surface area (Å²) in [6, 6.07) is 4.86. The molecule has 0 aromatic heterocycles. The first-order chi connectivity index (χ1) is 12.8. The first-order valence-corrected chi connectivity index (χ1v) is 9.01. The van der Waals surface area contributed by atoms with E-state index in [4.69, 9.17) is 0 Å². The number of rotatable bonds is 5. The van der Waals surface area contributed by atoms with Crippen molar-refractivity contribution in [3.8, 4) is 0 Å². The summed E-state index contributed by atoms with van der Waals surface area (Å²) >= 11 is 0. The molecule has 8 nitrogen and oxygen atoms in total. The van der Waals surface area contributed by atoms with Gasteiger partial charge in [0.25, 0.3) is 5.91 Å². The van der Waals surface area contributed by atoms with E-state index in [9.17, 15) is 19.2 Å². The van der Waals surface area contributed by atoms with Gasteiger partial charge in [-0.3, -0.25) is 19.3 Å². The van der Waals surface area contributed by atoms with Gasteiger partial charge in [-0.15, -0.1) is 0 Å². The number of carbonyl (C=O) groups is 4. The predicted octanol–water partition coefficient (Wildman–Crippen LogP) is 1.13. The second-order valence-corrected chi connectivity index (χ2v) is 7.12. The molecule has 1 N–H and O–H groups in total. The number of hydrogen-bond acceptors (Lipinski definition) is 4. The van der Waals surface area contributed by atoms with Crippen LogP contribution < -0.4 is 5.32 Å². The molecule has 144 valence electrons. The Morgan fingerprint density at radius 3 is 2.52 bits per heavy atom. The molecule has 2 fully saturated rings. The number of fused-ring (bicyclic) bond motifs is 1. The summed E-state index contributed by atoms with van der Waals surface area (Å²) in [5.74, 6) is -1.10. The second-order valence-electron chi connectivity index (χ2n) is 7.12. The lowest BCUT2D eigenvalue weighted by Crippen LogP contribution is -2.44. The number of nitrogens with zero attached hydrogens (tertiary/aromatic N) is 3. The van der Waals surface area contributed by atoms with Gasteiger partial charge in [-0.05, 0) is 37.8 Å². The van der Waals surface area contributed by atoms with Crippen LogP contribution in [0.5, 0.6) is 0 Å². The molecule has 5 amide bonds. The lowest BCUT2D eigenvalue weighted by Gasteiger charge is -2.21. The largest absolute Gasteiger partial charge is 0.335 e. The van der Waals surface area contributed by atoms with Crippen LogP contribution in [-0.2, 0) is 14.4 Å². The van der Waals surface area contributed by atoms with E-state index >= 15 is 0 Å². The smallest absolute Gasteiger partial charge is 0.327 e. The van der Waals surface area contributed by atoms with Crippen LogP contribution in [0, 0.1) is 13.8 Å². The Morgan fingerprint density at radius 2 is 1.89 bits per heavy atom. The molecule has 2 saturated heterocycles. The van der Waals surface area contributed by atoms with E-state index in [0.717, 1.165) is 28.1 Å². The summed E-state index contributed by atoms with van der Waals surface area (Å²) in [5, 5.41) is 2.82. The summed E-state index contributed by atoms with van der Waals surface area (Å²) < 4.78 is 0. The molecule has 8 heteroatoms.